The van der Waals surface area contributed by atoms with Crippen molar-refractivity contribution < 1.29 is 21.6 Å². The van der Waals surface area contributed by atoms with Crippen LogP contribution in [-0.2, 0) is 19.7 Å². The molecule has 0 saturated carbocycles. The Bertz CT molecular complexity index is 835. The van der Waals surface area contributed by atoms with Gasteiger partial charge in [-0.1, -0.05) is 0 Å². The van der Waals surface area contributed by atoms with Crippen molar-refractivity contribution in [3.05, 3.63) is 23.3 Å². The summed E-state index contributed by atoms with van der Waals surface area (Å²) in [7, 11) is -7.64. The van der Waals surface area contributed by atoms with E-state index >= 15 is 0 Å². The van der Waals surface area contributed by atoms with Crippen molar-refractivity contribution in [2.45, 2.75) is 16.7 Å². The van der Waals surface area contributed by atoms with Gasteiger partial charge in [0.2, 0.25) is 0 Å². The Morgan fingerprint density at radius 2 is 1.43 bits per heavy atom. The highest BCUT2D eigenvalue weighted by Crippen LogP contribution is 2.25. The molecule has 1 aromatic rings. The molecular formula is C11H15N3O5S2. The molecule has 0 aliphatic rings. The number of nitrogens with zero attached hydrogens (tertiary/aromatic N) is 1. The standard InChI is InChI=1S/C11H15N3O5S2/c1-6-4-8(20(2,16)17)9(21(3,18)19)5-7(6)10(15)14-11(12)13/h4-5H,1-3H3,(H4,12,13,14,15). The number of aryl methyl sites for hydroxylation is 1. The first-order chi connectivity index (χ1) is 9.34. The minimum Gasteiger partial charge on any atom is -0.370 e. The topological polar surface area (TPSA) is 150 Å². The number of carbonyl (C=O) groups excluding carboxylic acids is 1. The van der Waals surface area contributed by atoms with Gasteiger partial charge in [-0.05, 0) is 24.6 Å². The molecule has 0 bridgehead atoms. The number of hydrogen-bond acceptors (Lipinski definition) is 5. The van der Waals surface area contributed by atoms with Gasteiger partial charge >= 0.3 is 0 Å². The Morgan fingerprint density at radius 1 is 1.00 bits per heavy atom. The summed E-state index contributed by atoms with van der Waals surface area (Å²) in [6.45, 7) is 1.45. The number of benzene rings is 1. The van der Waals surface area contributed by atoms with Gasteiger partial charge in [0.25, 0.3) is 5.91 Å². The molecule has 0 aromatic heterocycles. The normalized spacial score (nSPS) is 12.0. The van der Waals surface area contributed by atoms with Gasteiger partial charge in [0.05, 0.1) is 9.79 Å². The van der Waals surface area contributed by atoms with Gasteiger partial charge in [-0.2, -0.15) is 4.99 Å². The van der Waals surface area contributed by atoms with Gasteiger partial charge in [0.1, 0.15) is 0 Å². The summed E-state index contributed by atoms with van der Waals surface area (Å²) in [6, 6.07) is 2.08. The molecule has 0 aliphatic carbocycles. The SMILES string of the molecule is Cc1cc(S(C)(=O)=O)c(S(C)(=O)=O)cc1C(=O)N=C(N)N. The fourth-order valence-electron chi connectivity index (χ4n) is 1.65. The molecule has 0 heterocycles. The molecule has 1 aromatic carbocycles. The number of sulfone groups is 2. The van der Waals surface area contributed by atoms with Crippen LogP contribution in [-0.4, -0.2) is 41.2 Å². The number of hydrogen-bond donors (Lipinski definition) is 2. The average molecular weight is 333 g/mol. The van der Waals surface area contributed by atoms with Crippen LogP contribution in [0.4, 0.5) is 0 Å². The van der Waals surface area contributed by atoms with Crippen LogP contribution in [0.3, 0.4) is 0 Å². The van der Waals surface area contributed by atoms with E-state index in [1.165, 1.54) is 6.92 Å². The quantitative estimate of drug-likeness (QED) is 0.544. The number of carbonyl (C=O) groups is 1. The molecule has 0 saturated heterocycles. The highest BCUT2D eigenvalue weighted by atomic mass is 32.2. The molecule has 0 spiro atoms. The lowest BCUT2D eigenvalue weighted by Crippen LogP contribution is -2.24. The number of nitrogens with two attached hydrogens (primary N) is 2. The molecule has 10 heteroatoms. The summed E-state index contributed by atoms with van der Waals surface area (Å²) < 4.78 is 46.9. The molecule has 1 rings (SSSR count). The Hall–Kier alpha value is -1.94. The molecule has 116 valence electrons. The van der Waals surface area contributed by atoms with Crippen LogP contribution in [0.1, 0.15) is 15.9 Å². The van der Waals surface area contributed by atoms with Crippen LogP contribution in [0, 0.1) is 6.92 Å². The van der Waals surface area contributed by atoms with Crippen molar-refractivity contribution in [2.75, 3.05) is 12.5 Å². The van der Waals surface area contributed by atoms with E-state index in [-0.39, 0.29) is 16.0 Å². The predicted octanol–water partition coefficient (Wildman–Crippen LogP) is -0.784. The van der Waals surface area contributed by atoms with Crippen LogP contribution in [0.25, 0.3) is 0 Å². The third-order valence-electron chi connectivity index (χ3n) is 2.55. The lowest BCUT2D eigenvalue weighted by atomic mass is 10.1. The van der Waals surface area contributed by atoms with Crippen LogP contribution in [0.5, 0.6) is 0 Å². The second-order valence-electron chi connectivity index (χ2n) is 4.50. The fourth-order valence-corrected chi connectivity index (χ4v) is 4.13. The first-order valence-corrected chi connectivity index (χ1v) is 9.31. The van der Waals surface area contributed by atoms with Crippen LogP contribution in [0.15, 0.2) is 26.9 Å². The smallest absolute Gasteiger partial charge is 0.280 e. The Labute approximate surface area is 122 Å². The molecule has 0 fully saturated rings. The zero-order chi connectivity index (χ0) is 16.6. The van der Waals surface area contributed by atoms with Crippen LogP contribution >= 0.6 is 0 Å². The first-order valence-electron chi connectivity index (χ1n) is 5.52. The minimum absolute atomic E-state index is 0.0868. The van der Waals surface area contributed by atoms with Crippen molar-refractivity contribution in [1.29, 1.82) is 0 Å². The molecule has 1 amide bonds. The van der Waals surface area contributed by atoms with Gasteiger partial charge in [0.15, 0.2) is 25.6 Å². The third kappa shape index (κ3) is 4.02. The average Bonchev–Trinajstić information content (AvgIpc) is 2.24. The van der Waals surface area contributed by atoms with Gasteiger partial charge in [0, 0.05) is 18.1 Å². The highest BCUT2D eigenvalue weighted by Gasteiger charge is 2.24. The third-order valence-corrected chi connectivity index (χ3v) is 4.95. The van der Waals surface area contributed by atoms with E-state index < -0.39 is 36.4 Å². The van der Waals surface area contributed by atoms with Crippen molar-refractivity contribution in [2.24, 2.45) is 16.5 Å². The Balaban J connectivity index is 3.77. The van der Waals surface area contributed by atoms with E-state index in [4.69, 9.17) is 11.5 Å². The van der Waals surface area contributed by atoms with E-state index in [1.54, 1.807) is 0 Å². The maximum Gasteiger partial charge on any atom is 0.280 e. The molecule has 0 unspecified atom stereocenters. The van der Waals surface area contributed by atoms with Gasteiger partial charge in [-0.15, -0.1) is 0 Å². The number of aliphatic imine (C=N–C) groups is 1. The fraction of sp³-hybridized carbons (Fsp3) is 0.273. The number of guanidine groups is 1. The molecular weight excluding hydrogens is 318 g/mol. The van der Waals surface area contributed by atoms with Crippen molar-refractivity contribution in [3.8, 4) is 0 Å². The molecule has 21 heavy (non-hydrogen) atoms. The van der Waals surface area contributed by atoms with Crippen molar-refractivity contribution in [3.63, 3.8) is 0 Å². The summed E-state index contributed by atoms with van der Waals surface area (Å²) in [5.41, 5.74) is 10.4. The van der Waals surface area contributed by atoms with Crippen LogP contribution in [0.2, 0.25) is 0 Å². The zero-order valence-corrected chi connectivity index (χ0v) is 13.2. The lowest BCUT2D eigenvalue weighted by molar-refractivity contribution is 0.100. The monoisotopic (exact) mass is 333 g/mol. The molecule has 8 nitrogen and oxygen atoms in total. The Kier molecular flexibility index (Phi) is 4.44. The summed E-state index contributed by atoms with van der Waals surface area (Å²) in [4.78, 5) is 14.3. The summed E-state index contributed by atoms with van der Waals surface area (Å²) in [5, 5.41) is 0. The second-order valence-corrected chi connectivity index (χ2v) is 8.47. The van der Waals surface area contributed by atoms with Gasteiger partial charge in [-0.25, -0.2) is 16.8 Å². The maximum absolute atomic E-state index is 11.8. The summed E-state index contributed by atoms with van der Waals surface area (Å²) in [6.07, 6.45) is 1.73. The predicted molar refractivity (Wildman–Crippen MR) is 77.5 cm³/mol. The zero-order valence-electron chi connectivity index (χ0n) is 11.6. The van der Waals surface area contributed by atoms with E-state index in [0.717, 1.165) is 24.6 Å². The van der Waals surface area contributed by atoms with E-state index in [2.05, 4.69) is 4.99 Å². The van der Waals surface area contributed by atoms with Crippen LogP contribution < -0.4 is 11.5 Å². The Morgan fingerprint density at radius 3 is 1.81 bits per heavy atom. The largest absolute Gasteiger partial charge is 0.370 e. The highest BCUT2D eigenvalue weighted by molar-refractivity contribution is 7.93. The van der Waals surface area contributed by atoms with E-state index in [1.807, 2.05) is 0 Å². The minimum atomic E-state index is -3.86. The van der Waals surface area contributed by atoms with Crippen molar-refractivity contribution >= 4 is 31.5 Å². The molecule has 0 atom stereocenters. The lowest BCUT2D eigenvalue weighted by Gasteiger charge is -2.10. The summed E-state index contributed by atoms with van der Waals surface area (Å²) >= 11 is 0. The number of rotatable bonds is 3. The van der Waals surface area contributed by atoms with Gasteiger partial charge in [-0.3, -0.25) is 4.79 Å². The summed E-state index contributed by atoms with van der Waals surface area (Å²) in [5.74, 6) is -1.33. The van der Waals surface area contributed by atoms with E-state index in [0.29, 0.717) is 0 Å². The maximum atomic E-state index is 11.8. The van der Waals surface area contributed by atoms with Crippen molar-refractivity contribution in [1.82, 2.24) is 0 Å². The molecule has 4 N–H and O–H groups in total. The second kappa shape index (κ2) is 5.45. The molecule has 0 radical (unpaired) electrons. The first kappa shape index (κ1) is 17.1. The molecule has 0 aliphatic heterocycles. The number of amides is 1. The van der Waals surface area contributed by atoms with Gasteiger partial charge < -0.3 is 11.5 Å². The van der Waals surface area contributed by atoms with E-state index in [9.17, 15) is 21.6 Å².